The van der Waals surface area contributed by atoms with E-state index in [4.69, 9.17) is 15.0 Å². The molecule has 0 spiro atoms. The number of rotatable bonds is 9. The van der Waals surface area contributed by atoms with Crippen LogP contribution in [0.1, 0.15) is 57.3 Å². The van der Waals surface area contributed by atoms with Crippen molar-refractivity contribution in [2.24, 2.45) is 11.8 Å². The molecular formula is C26H36N6O3S. The van der Waals surface area contributed by atoms with E-state index in [-0.39, 0.29) is 0 Å². The number of thiazole rings is 1. The molecule has 3 heterocycles. The fourth-order valence-electron chi connectivity index (χ4n) is 5.32. The first-order valence-electron chi connectivity index (χ1n) is 12.9. The van der Waals surface area contributed by atoms with Crippen molar-refractivity contribution in [1.82, 2.24) is 19.9 Å². The summed E-state index contributed by atoms with van der Waals surface area (Å²) in [5.41, 5.74) is 2.24. The van der Waals surface area contributed by atoms with Gasteiger partial charge in [-0.05, 0) is 57.9 Å². The van der Waals surface area contributed by atoms with Crippen LogP contribution in [-0.2, 0) is 0 Å². The summed E-state index contributed by atoms with van der Waals surface area (Å²) in [7, 11) is 0. The van der Waals surface area contributed by atoms with Gasteiger partial charge in [-0.25, -0.2) is 9.97 Å². The molecule has 2 aliphatic carbocycles. The van der Waals surface area contributed by atoms with Gasteiger partial charge in [-0.2, -0.15) is 4.98 Å². The zero-order chi connectivity index (χ0) is 25.6. The lowest BCUT2D eigenvalue weighted by atomic mass is 9.80. The van der Waals surface area contributed by atoms with E-state index in [2.05, 4.69) is 15.6 Å². The second kappa shape index (κ2) is 9.81. The number of aliphatic hydroxyl groups is 3. The number of anilines is 2. The minimum atomic E-state index is -1.03. The molecule has 5 N–H and O–H groups in total. The summed E-state index contributed by atoms with van der Waals surface area (Å²) in [6.07, 6.45) is 3.62. The Morgan fingerprint density at radius 1 is 1.06 bits per heavy atom. The SMILES string of the molecule is CCC(O)(CC)[C@H]1C[C@@H](Nc2nc(NCC3CC3)nc(C)c2-c2nc3c(C)nccc3s2)[C@H](O)[C@@H]1O. The van der Waals surface area contributed by atoms with E-state index in [9.17, 15) is 15.3 Å². The topological polar surface area (TPSA) is 136 Å². The fraction of sp³-hybridized carbons (Fsp3) is 0.615. The Kier molecular flexibility index (Phi) is 6.88. The van der Waals surface area contributed by atoms with E-state index < -0.39 is 29.8 Å². The normalized spacial score (nSPS) is 24.4. The maximum Gasteiger partial charge on any atom is 0.224 e. The number of hydrogen-bond donors (Lipinski definition) is 5. The molecule has 3 aromatic rings. The van der Waals surface area contributed by atoms with Crippen molar-refractivity contribution in [3.05, 3.63) is 23.7 Å². The highest BCUT2D eigenvalue weighted by Gasteiger charge is 2.50. The van der Waals surface area contributed by atoms with Crippen LogP contribution >= 0.6 is 11.3 Å². The summed E-state index contributed by atoms with van der Waals surface area (Å²) in [4.78, 5) is 18.8. The van der Waals surface area contributed by atoms with Gasteiger partial charge in [-0.15, -0.1) is 11.3 Å². The molecule has 0 aromatic carbocycles. The summed E-state index contributed by atoms with van der Waals surface area (Å²) in [6.45, 7) is 8.54. The molecule has 0 aliphatic heterocycles. The standard InChI is InChI=1S/C26H36N6O3S/c1-5-26(35,6-2)16-11-17(22(34)21(16)33)30-23-19(13(3)29-25(32-23)28-12-15-7-8-15)24-31-20-14(4)27-10-9-18(20)36-24/h9-10,15-17,21-22,33-35H,5-8,11-12H2,1-4H3,(H2,28,29,30,32)/t16-,17+,21+,22-/m0/s1. The second-order valence-electron chi connectivity index (χ2n) is 10.3. The number of pyridine rings is 1. The number of nitrogens with one attached hydrogen (secondary N) is 2. The Balaban J connectivity index is 1.52. The third-order valence-electron chi connectivity index (χ3n) is 7.96. The lowest BCUT2D eigenvalue weighted by Crippen LogP contribution is -2.43. The molecule has 36 heavy (non-hydrogen) atoms. The molecule has 4 atom stereocenters. The van der Waals surface area contributed by atoms with Crippen molar-refractivity contribution in [3.63, 3.8) is 0 Å². The van der Waals surface area contributed by atoms with Gasteiger partial charge in [-0.3, -0.25) is 4.98 Å². The highest BCUT2D eigenvalue weighted by molar-refractivity contribution is 7.21. The number of fused-ring (bicyclic) bond motifs is 1. The zero-order valence-electron chi connectivity index (χ0n) is 21.3. The molecule has 0 amide bonds. The zero-order valence-corrected chi connectivity index (χ0v) is 22.1. The second-order valence-corrected chi connectivity index (χ2v) is 11.4. The summed E-state index contributed by atoms with van der Waals surface area (Å²) in [5.74, 6) is 1.33. The Morgan fingerprint density at radius 3 is 2.47 bits per heavy atom. The quantitative estimate of drug-likeness (QED) is 0.291. The first kappa shape index (κ1) is 25.3. The van der Waals surface area contributed by atoms with E-state index in [1.165, 1.54) is 12.8 Å². The van der Waals surface area contributed by atoms with Gasteiger partial charge in [0.1, 0.15) is 22.4 Å². The Bertz CT molecular complexity index is 1240. The maximum absolute atomic E-state index is 11.1. The summed E-state index contributed by atoms with van der Waals surface area (Å²) < 4.78 is 1.03. The van der Waals surface area contributed by atoms with Crippen molar-refractivity contribution < 1.29 is 15.3 Å². The average Bonchev–Trinajstić information content (AvgIpc) is 3.53. The summed E-state index contributed by atoms with van der Waals surface area (Å²) in [6, 6.07) is 1.48. The van der Waals surface area contributed by atoms with Gasteiger partial charge in [0.15, 0.2) is 0 Å². The van der Waals surface area contributed by atoms with Crippen molar-refractivity contribution >= 4 is 33.3 Å². The van der Waals surface area contributed by atoms with Gasteiger partial charge < -0.3 is 26.0 Å². The van der Waals surface area contributed by atoms with Crippen LogP contribution in [-0.4, -0.2) is 65.7 Å². The molecule has 10 heteroatoms. The van der Waals surface area contributed by atoms with Crippen LogP contribution < -0.4 is 10.6 Å². The van der Waals surface area contributed by atoms with E-state index in [1.807, 2.05) is 33.8 Å². The molecule has 2 aliphatic rings. The number of aromatic nitrogens is 4. The molecular weight excluding hydrogens is 476 g/mol. The van der Waals surface area contributed by atoms with E-state index in [0.29, 0.717) is 36.9 Å². The van der Waals surface area contributed by atoms with Crippen LogP contribution in [0, 0.1) is 25.7 Å². The first-order chi connectivity index (χ1) is 17.2. The molecule has 0 radical (unpaired) electrons. The van der Waals surface area contributed by atoms with Crippen LogP contribution in [0.4, 0.5) is 11.8 Å². The number of nitrogens with zero attached hydrogens (tertiary/aromatic N) is 4. The smallest absolute Gasteiger partial charge is 0.224 e. The molecule has 9 nitrogen and oxygen atoms in total. The van der Waals surface area contributed by atoms with E-state index in [0.717, 1.165) is 38.7 Å². The van der Waals surface area contributed by atoms with Crippen molar-refractivity contribution in [2.45, 2.75) is 83.6 Å². The minimum Gasteiger partial charge on any atom is -0.390 e. The third kappa shape index (κ3) is 4.67. The molecule has 194 valence electrons. The van der Waals surface area contributed by atoms with Gasteiger partial charge in [0.05, 0.1) is 39.4 Å². The van der Waals surface area contributed by atoms with Crippen LogP contribution in [0.5, 0.6) is 0 Å². The molecule has 2 saturated carbocycles. The maximum atomic E-state index is 11.1. The molecule has 5 rings (SSSR count). The van der Waals surface area contributed by atoms with Gasteiger partial charge in [0.2, 0.25) is 5.95 Å². The Morgan fingerprint density at radius 2 is 1.81 bits per heavy atom. The summed E-state index contributed by atoms with van der Waals surface area (Å²) >= 11 is 1.55. The first-order valence-corrected chi connectivity index (χ1v) is 13.8. The largest absolute Gasteiger partial charge is 0.390 e. The molecule has 3 aromatic heterocycles. The average molecular weight is 513 g/mol. The van der Waals surface area contributed by atoms with Gasteiger partial charge in [0.25, 0.3) is 0 Å². The van der Waals surface area contributed by atoms with Crippen LogP contribution in [0.3, 0.4) is 0 Å². The van der Waals surface area contributed by atoms with Crippen LogP contribution in [0.25, 0.3) is 20.8 Å². The monoisotopic (exact) mass is 512 g/mol. The lowest BCUT2D eigenvalue weighted by molar-refractivity contribution is -0.0843. The molecule has 2 fully saturated rings. The summed E-state index contributed by atoms with van der Waals surface area (Å²) in [5, 5.41) is 40.5. The molecule has 0 saturated heterocycles. The van der Waals surface area contributed by atoms with Crippen molar-refractivity contribution in [3.8, 4) is 10.6 Å². The van der Waals surface area contributed by atoms with Gasteiger partial charge in [-0.1, -0.05) is 13.8 Å². The fourth-order valence-corrected chi connectivity index (χ4v) is 6.43. The minimum absolute atomic E-state index is 0.427. The van der Waals surface area contributed by atoms with Crippen LogP contribution in [0.15, 0.2) is 12.3 Å². The number of hydrogen-bond acceptors (Lipinski definition) is 10. The highest BCUT2D eigenvalue weighted by atomic mass is 32.1. The predicted octanol–water partition coefficient (Wildman–Crippen LogP) is 3.66. The Hall–Kier alpha value is -2.40. The predicted molar refractivity (Wildman–Crippen MR) is 142 cm³/mol. The highest BCUT2D eigenvalue weighted by Crippen LogP contribution is 2.42. The lowest BCUT2D eigenvalue weighted by Gasteiger charge is -2.34. The molecule has 0 bridgehead atoms. The molecule has 0 unspecified atom stereocenters. The third-order valence-corrected chi connectivity index (χ3v) is 9.00. The van der Waals surface area contributed by atoms with Gasteiger partial charge >= 0.3 is 0 Å². The Labute approximate surface area is 215 Å². The van der Waals surface area contributed by atoms with Crippen molar-refractivity contribution in [1.29, 1.82) is 0 Å². The van der Waals surface area contributed by atoms with Crippen molar-refractivity contribution in [2.75, 3.05) is 17.2 Å². The number of aliphatic hydroxyl groups excluding tert-OH is 2. The van der Waals surface area contributed by atoms with E-state index in [1.54, 1.807) is 17.5 Å². The van der Waals surface area contributed by atoms with Gasteiger partial charge in [0, 0.05) is 18.7 Å². The number of aryl methyl sites for hydroxylation is 2. The van der Waals surface area contributed by atoms with E-state index >= 15 is 0 Å². The van der Waals surface area contributed by atoms with Crippen LogP contribution in [0.2, 0.25) is 0 Å².